The second kappa shape index (κ2) is 9.06. The molecule has 3 N–H and O–H groups in total. The predicted octanol–water partition coefficient (Wildman–Crippen LogP) is 2.98. The van der Waals surface area contributed by atoms with Crippen LogP contribution in [-0.2, 0) is 11.2 Å². The summed E-state index contributed by atoms with van der Waals surface area (Å²) in [5.41, 5.74) is 8.32. The zero-order valence-electron chi connectivity index (χ0n) is 12.8. The van der Waals surface area contributed by atoms with E-state index in [9.17, 15) is 4.79 Å². The van der Waals surface area contributed by atoms with Crippen LogP contribution in [0.25, 0.3) is 0 Å². The molecule has 1 saturated carbocycles. The summed E-state index contributed by atoms with van der Waals surface area (Å²) in [4.78, 5) is 12.0. The van der Waals surface area contributed by atoms with Crippen molar-refractivity contribution in [2.75, 3.05) is 6.54 Å². The van der Waals surface area contributed by atoms with Crippen molar-refractivity contribution in [2.24, 2.45) is 11.7 Å². The van der Waals surface area contributed by atoms with Crippen LogP contribution in [0.15, 0.2) is 24.3 Å². The van der Waals surface area contributed by atoms with E-state index in [0.717, 1.165) is 25.7 Å². The summed E-state index contributed by atoms with van der Waals surface area (Å²) in [6, 6.07) is 8.86. The minimum absolute atomic E-state index is 0. The standard InChI is InChI=1S/C17H26N2O.ClH/c1-13-8-10-14(11-9-13)4-2-7-17(20)19-16-6-3-5-15(16)12-18;/h8-11,15-16H,2-7,12,18H2,1H3,(H,19,20);1H. The van der Waals surface area contributed by atoms with Crippen LogP contribution in [0.1, 0.15) is 43.2 Å². The molecular weight excluding hydrogens is 284 g/mol. The van der Waals surface area contributed by atoms with E-state index in [-0.39, 0.29) is 18.3 Å². The molecule has 0 aliphatic heterocycles. The van der Waals surface area contributed by atoms with E-state index in [1.165, 1.54) is 17.5 Å². The van der Waals surface area contributed by atoms with Gasteiger partial charge in [0.1, 0.15) is 0 Å². The smallest absolute Gasteiger partial charge is 0.220 e. The van der Waals surface area contributed by atoms with Crippen LogP contribution < -0.4 is 11.1 Å². The molecule has 1 aromatic carbocycles. The number of benzene rings is 1. The van der Waals surface area contributed by atoms with Crippen molar-refractivity contribution in [3.63, 3.8) is 0 Å². The molecule has 21 heavy (non-hydrogen) atoms. The van der Waals surface area contributed by atoms with Crippen LogP contribution in [0.5, 0.6) is 0 Å². The summed E-state index contributed by atoms with van der Waals surface area (Å²) in [5, 5.41) is 3.16. The molecular formula is C17H27ClN2O. The quantitative estimate of drug-likeness (QED) is 0.848. The summed E-state index contributed by atoms with van der Waals surface area (Å²) in [5.74, 6) is 0.665. The normalized spacial score (nSPS) is 20.9. The van der Waals surface area contributed by atoms with Gasteiger partial charge in [-0.1, -0.05) is 36.2 Å². The first-order chi connectivity index (χ1) is 9.69. The van der Waals surface area contributed by atoms with Crippen LogP contribution in [0, 0.1) is 12.8 Å². The molecule has 0 spiro atoms. The van der Waals surface area contributed by atoms with Gasteiger partial charge in [-0.05, 0) is 50.6 Å². The third kappa shape index (κ3) is 5.68. The average molecular weight is 311 g/mol. The van der Waals surface area contributed by atoms with E-state index >= 15 is 0 Å². The summed E-state index contributed by atoms with van der Waals surface area (Å²) < 4.78 is 0. The van der Waals surface area contributed by atoms with Crippen molar-refractivity contribution in [3.05, 3.63) is 35.4 Å². The van der Waals surface area contributed by atoms with E-state index in [4.69, 9.17) is 5.73 Å². The Balaban J connectivity index is 0.00000220. The highest BCUT2D eigenvalue weighted by molar-refractivity contribution is 5.85. The molecule has 118 valence electrons. The first-order valence-electron chi connectivity index (χ1n) is 7.74. The Bertz CT molecular complexity index is 433. The second-order valence-electron chi connectivity index (χ2n) is 5.94. The highest BCUT2D eigenvalue weighted by atomic mass is 35.5. The SMILES string of the molecule is Cc1ccc(CCCC(=O)NC2CCCC2CN)cc1.Cl. The molecule has 2 rings (SSSR count). The molecule has 0 radical (unpaired) electrons. The molecule has 1 aliphatic rings. The number of carbonyl (C=O) groups excluding carboxylic acids is 1. The molecule has 1 aromatic rings. The van der Waals surface area contributed by atoms with Crippen LogP contribution in [0.3, 0.4) is 0 Å². The molecule has 4 heteroatoms. The van der Waals surface area contributed by atoms with Gasteiger partial charge in [0, 0.05) is 12.5 Å². The monoisotopic (exact) mass is 310 g/mol. The third-order valence-corrected chi connectivity index (χ3v) is 4.30. The Morgan fingerprint density at radius 3 is 2.67 bits per heavy atom. The van der Waals surface area contributed by atoms with Gasteiger partial charge in [0.05, 0.1) is 0 Å². The lowest BCUT2D eigenvalue weighted by Crippen LogP contribution is -2.39. The Hall–Kier alpha value is -1.06. The molecule has 1 aliphatic carbocycles. The van der Waals surface area contributed by atoms with Gasteiger partial charge in [0.15, 0.2) is 0 Å². The molecule has 1 amide bonds. The molecule has 2 atom stereocenters. The average Bonchev–Trinajstić information content (AvgIpc) is 2.88. The molecule has 1 fully saturated rings. The first-order valence-corrected chi connectivity index (χ1v) is 7.74. The number of hydrogen-bond donors (Lipinski definition) is 2. The Kier molecular flexibility index (Phi) is 7.76. The summed E-state index contributed by atoms with van der Waals surface area (Å²) in [6.45, 7) is 2.78. The van der Waals surface area contributed by atoms with E-state index in [1.807, 2.05) is 0 Å². The maximum absolute atomic E-state index is 12.0. The van der Waals surface area contributed by atoms with Crippen LogP contribution in [0.4, 0.5) is 0 Å². The minimum atomic E-state index is 0. The van der Waals surface area contributed by atoms with Gasteiger partial charge in [-0.25, -0.2) is 0 Å². The number of nitrogens with one attached hydrogen (secondary N) is 1. The lowest BCUT2D eigenvalue weighted by molar-refractivity contribution is -0.122. The Labute approximate surface area is 134 Å². The van der Waals surface area contributed by atoms with E-state index < -0.39 is 0 Å². The number of hydrogen-bond acceptors (Lipinski definition) is 2. The molecule has 0 heterocycles. The van der Waals surface area contributed by atoms with Crippen molar-refractivity contribution >= 4 is 18.3 Å². The largest absolute Gasteiger partial charge is 0.353 e. The van der Waals surface area contributed by atoms with Crippen molar-refractivity contribution in [3.8, 4) is 0 Å². The molecule has 0 saturated heterocycles. The second-order valence-corrected chi connectivity index (χ2v) is 5.94. The highest BCUT2D eigenvalue weighted by Gasteiger charge is 2.26. The van der Waals surface area contributed by atoms with E-state index in [0.29, 0.717) is 24.9 Å². The Morgan fingerprint density at radius 1 is 1.29 bits per heavy atom. The maximum Gasteiger partial charge on any atom is 0.220 e. The predicted molar refractivity (Wildman–Crippen MR) is 89.7 cm³/mol. The number of aryl methyl sites for hydroxylation is 2. The zero-order valence-corrected chi connectivity index (χ0v) is 13.6. The van der Waals surface area contributed by atoms with Gasteiger partial charge in [0.2, 0.25) is 5.91 Å². The highest BCUT2D eigenvalue weighted by Crippen LogP contribution is 2.24. The van der Waals surface area contributed by atoms with E-state index in [1.54, 1.807) is 0 Å². The fourth-order valence-electron chi connectivity index (χ4n) is 3.00. The lowest BCUT2D eigenvalue weighted by atomic mass is 10.0. The number of nitrogens with two attached hydrogens (primary N) is 1. The summed E-state index contributed by atoms with van der Waals surface area (Å²) in [7, 11) is 0. The number of carbonyl (C=O) groups is 1. The van der Waals surface area contributed by atoms with Gasteiger partial charge < -0.3 is 11.1 Å². The number of amides is 1. The fraction of sp³-hybridized carbons (Fsp3) is 0.588. The van der Waals surface area contributed by atoms with Gasteiger partial charge in [-0.15, -0.1) is 12.4 Å². The fourth-order valence-corrected chi connectivity index (χ4v) is 3.00. The lowest BCUT2D eigenvalue weighted by Gasteiger charge is -2.19. The Morgan fingerprint density at radius 2 is 2.00 bits per heavy atom. The van der Waals surface area contributed by atoms with Crippen molar-refractivity contribution in [1.82, 2.24) is 5.32 Å². The third-order valence-electron chi connectivity index (χ3n) is 4.30. The molecule has 2 unspecified atom stereocenters. The van der Waals surface area contributed by atoms with Gasteiger partial charge in [0.25, 0.3) is 0 Å². The minimum Gasteiger partial charge on any atom is -0.353 e. The summed E-state index contributed by atoms with van der Waals surface area (Å²) in [6.07, 6.45) is 5.93. The number of rotatable bonds is 6. The van der Waals surface area contributed by atoms with Crippen LogP contribution in [0.2, 0.25) is 0 Å². The van der Waals surface area contributed by atoms with Gasteiger partial charge in [-0.3, -0.25) is 4.79 Å². The zero-order chi connectivity index (χ0) is 14.4. The van der Waals surface area contributed by atoms with Gasteiger partial charge in [-0.2, -0.15) is 0 Å². The topological polar surface area (TPSA) is 55.1 Å². The number of halogens is 1. The van der Waals surface area contributed by atoms with E-state index in [2.05, 4.69) is 36.5 Å². The van der Waals surface area contributed by atoms with Crippen molar-refractivity contribution < 1.29 is 4.79 Å². The summed E-state index contributed by atoms with van der Waals surface area (Å²) >= 11 is 0. The van der Waals surface area contributed by atoms with Crippen molar-refractivity contribution in [1.29, 1.82) is 0 Å². The molecule has 0 bridgehead atoms. The van der Waals surface area contributed by atoms with Crippen LogP contribution in [-0.4, -0.2) is 18.5 Å². The van der Waals surface area contributed by atoms with Crippen molar-refractivity contribution in [2.45, 2.75) is 51.5 Å². The van der Waals surface area contributed by atoms with Crippen LogP contribution >= 0.6 is 12.4 Å². The maximum atomic E-state index is 12.0. The molecule has 0 aromatic heterocycles. The molecule has 3 nitrogen and oxygen atoms in total. The first kappa shape index (κ1) is 18.0. The van der Waals surface area contributed by atoms with Gasteiger partial charge >= 0.3 is 0 Å².